The Morgan fingerprint density at radius 1 is 1.46 bits per heavy atom. The Kier molecular flexibility index (Phi) is 6.51. The van der Waals surface area contributed by atoms with Gasteiger partial charge in [0.05, 0.1) is 11.0 Å². The summed E-state index contributed by atoms with van der Waals surface area (Å²) in [4.78, 5) is 22.0. The molecule has 1 aliphatic rings. The number of nitro groups is 1. The van der Waals surface area contributed by atoms with Crippen LogP contribution in [-0.4, -0.2) is 74.5 Å². The monoisotopic (exact) mass is 409 g/mol. The van der Waals surface area contributed by atoms with Crippen LogP contribution >= 0.6 is 7.49 Å². The van der Waals surface area contributed by atoms with Gasteiger partial charge in [0.15, 0.2) is 0 Å². The third-order valence-corrected chi connectivity index (χ3v) is 7.73. The highest BCUT2D eigenvalue weighted by molar-refractivity contribution is 7.89. The third kappa shape index (κ3) is 5.08. The molecule has 147 valence electrons. The standard InChI is InChI=1S/C14H23FN4O5PS/c1-25(22)7-5-18(6-8-25)11(9-15)10-17-14-12(19(20)21)3-2-4-13(14)26(16,23)24/h2-4,11,17,22H,5-10H2,1H3,(H2,16,23,24). The number of hydrogen-bond donors (Lipinski definition) is 3. The fourth-order valence-corrected chi connectivity index (χ4v) is 5.19. The number of halogens is 1. The van der Waals surface area contributed by atoms with Crippen molar-refractivity contribution in [1.82, 2.24) is 4.90 Å². The van der Waals surface area contributed by atoms with Crippen LogP contribution in [-0.2, 0) is 10.0 Å². The summed E-state index contributed by atoms with van der Waals surface area (Å²) in [6.45, 7) is 2.15. The van der Waals surface area contributed by atoms with Crippen molar-refractivity contribution in [3.05, 3.63) is 28.3 Å². The molecule has 4 N–H and O–H groups in total. The summed E-state index contributed by atoms with van der Waals surface area (Å²) in [6, 6.07) is 2.96. The van der Waals surface area contributed by atoms with E-state index in [4.69, 9.17) is 5.14 Å². The van der Waals surface area contributed by atoms with Gasteiger partial charge in [0, 0.05) is 25.7 Å². The van der Waals surface area contributed by atoms with Crippen molar-refractivity contribution < 1.29 is 22.6 Å². The average molecular weight is 409 g/mol. The van der Waals surface area contributed by atoms with Gasteiger partial charge in [-0.05, 0) is 32.5 Å². The molecular weight excluding hydrogens is 386 g/mol. The van der Waals surface area contributed by atoms with Crippen LogP contribution in [0, 0.1) is 10.1 Å². The SMILES string of the molecule is C[P]1(O)CCN(C(CF)CNc2c([N+](=O)[O-])cccc2S(N)(=O)=O)CC1. The maximum atomic E-state index is 13.5. The van der Waals surface area contributed by atoms with Gasteiger partial charge in [0.25, 0.3) is 5.69 Å². The molecule has 26 heavy (non-hydrogen) atoms. The zero-order valence-electron chi connectivity index (χ0n) is 14.3. The summed E-state index contributed by atoms with van der Waals surface area (Å²) < 4.78 is 37.0. The van der Waals surface area contributed by atoms with Gasteiger partial charge >= 0.3 is 0 Å². The summed E-state index contributed by atoms with van der Waals surface area (Å²) in [5.74, 6) is 0. The van der Waals surface area contributed by atoms with Gasteiger partial charge in [-0.3, -0.25) is 15.0 Å². The molecule has 0 aliphatic carbocycles. The van der Waals surface area contributed by atoms with Crippen molar-refractivity contribution in [1.29, 1.82) is 0 Å². The number of anilines is 1. The minimum Gasteiger partial charge on any atom is -0.380 e. The number of nitrogens with zero attached hydrogens (tertiary/aromatic N) is 2. The van der Waals surface area contributed by atoms with Gasteiger partial charge in [-0.1, -0.05) is 6.07 Å². The molecule has 0 bridgehead atoms. The number of nitrogens with two attached hydrogens (primary N) is 1. The minimum absolute atomic E-state index is 0.0234. The van der Waals surface area contributed by atoms with Crippen molar-refractivity contribution in [3.8, 4) is 0 Å². The van der Waals surface area contributed by atoms with Gasteiger partial charge in [-0.2, -0.15) is 0 Å². The van der Waals surface area contributed by atoms with E-state index in [1.807, 2.05) is 11.6 Å². The second-order valence-corrected chi connectivity index (χ2v) is 11.6. The Balaban J connectivity index is 2.21. The number of para-hydroxylation sites is 1. The Morgan fingerprint density at radius 3 is 2.58 bits per heavy atom. The molecule has 0 saturated carbocycles. The highest BCUT2D eigenvalue weighted by Crippen LogP contribution is 2.51. The molecule has 1 aromatic carbocycles. The first-order chi connectivity index (χ1) is 12.0. The molecular formula is C14H23FN4O5PS. The molecule has 0 spiro atoms. The van der Waals surface area contributed by atoms with E-state index in [0.29, 0.717) is 25.4 Å². The lowest BCUT2D eigenvalue weighted by molar-refractivity contribution is -0.384. The van der Waals surface area contributed by atoms with Gasteiger partial charge in [-0.15, -0.1) is 0 Å². The Labute approximate surface area is 152 Å². The summed E-state index contributed by atoms with van der Waals surface area (Å²) >= 11 is 0. The van der Waals surface area contributed by atoms with E-state index in [0.717, 1.165) is 12.1 Å². The number of hydrogen-bond acceptors (Lipinski definition) is 7. The van der Waals surface area contributed by atoms with E-state index in [-0.39, 0.29) is 12.2 Å². The highest BCUT2D eigenvalue weighted by Gasteiger charge is 2.30. The maximum absolute atomic E-state index is 13.5. The maximum Gasteiger partial charge on any atom is 0.293 e. The highest BCUT2D eigenvalue weighted by atomic mass is 32.2. The first kappa shape index (κ1) is 20.9. The molecule has 1 unspecified atom stereocenters. The first-order valence-corrected chi connectivity index (χ1v) is 12.1. The van der Waals surface area contributed by atoms with Crippen LogP contribution in [0.15, 0.2) is 23.1 Å². The van der Waals surface area contributed by atoms with E-state index in [1.165, 1.54) is 6.07 Å². The van der Waals surface area contributed by atoms with E-state index < -0.39 is 45.7 Å². The van der Waals surface area contributed by atoms with Gasteiger partial charge in [-0.25, -0.2) is 17.9 Å². The van der Waals surface area contributed by atoms with Crippen molar-refractivity contribution in [2.24, 2.45) is 5.14 Å². The van der Waals surface area contributed by atoms with Crippen LogP contribution in [0.3, 0.4) is 0 Å². The Bertz CT molecular complexity index is 767. The molecule has 1 radical (unpaired) electrons. The van der Waals surface area contributed by atoms with Crippen LogP contribution in [0.1, 0.15) is 0 Å². The summed E-state index contributed by atoms with van der Waals surface area (Å²) in [7, 11) is -6.11. The lowest BCUT2D eigenvalue weighted by Gasteiger charge is -2.40. The van der Waals surface area contributed by atoms with Crippen molar-refractivity contribution in [2.75, 3.05) is 50.6 Å². The molecule has 0 amide bonds. The first-order valence-electron chi connectivity index (χ1n) is 7.96. The quantitative estimate of drug-likeness (QED) is 0.345. The van der Waals surface area contributed by atoms with E-state index in [2.05, 4.69) is 5.32 Å². The topological polar surface area (TPSA) is 139 Å². The number of nitrogens with one attached hydrogen (secondary N) is 1. The summed E-state index contributed by atoms with van der Waals surface area (Å²) in [5, 5.41) is 19.1. The second kappa shape index (κ2) is 8.10. The predicted octanol–water partition coefficient (Wildman–Crippen LogP) is 0.862. The van der Waals surface area contributed by atoms with Crippen LogP contribution in [0.25, 0.3) is 0 Å². The van der Waals surface area contributed by atoms with Crippen molar-refractivity contribution >= 4 is 28.9 Å². The number of nitro benzene ring substituents is 1. The summed E-state index contributed by atoms with van der Waals surface area (Å²) in [6.07, 6.45) is 1.19. The molecule has 12 heteroatoms. The van der Waals surface area contributed by atoms with Crippen LogP contribution < -0.4 is 10.5 Å². The number of sulfonamides is 1. The predicted molar refractivity (Wildman–Crippen MR) is 99.1 cm³/mol. The molecule has 1 heterocycles. The number of primary sulfonamides is 1. The minimum atomic E-state index is -4.19. The fourth-order valence-electron chi connectivity index (χ4n) is 2.86. The van der Waals surface area contributed by atoms with E-state index >= 15 is 0 Å². The number of rotatable bonds is 7. The molecule has 1 fully saturated rings. The van der Waals surface area contributed by atoms with Crippen LogP contribution in [0.2, 0.25) is 0 Å². The third-order valence-electron chi connectivity index (χ3n) is 4.45. The fraction of sp³-hybridized carbons (Fsp3) is 0.571. The van der Waals surface area contributed by atoms with Crippen LogP contribution in [0.5, 0.6) is 0 Å². The average Bonchev–Trinajstić information content (AvgIpc) is 2.55. The normalized spacial score (nSPS) is 19.1. The number of benzene rings is 1. The molecule has 1 atom stereocenters. The zero-order chi connectivity index (χ0) is 19.5. The Morgan fingerprint density at radius 2 is 2.08 bits per heavy atom. The Hall–Kier alpha value is -1.39. The van der Waals surface area contributed by atoms with Gasteiger partial charge in [0.2, 0.25) is 10.0 Å². The molecule has 1 aliphatic heterocycles. The summed E-state index contributed by atoms with van der Waals surface area (Å²) in [5.41, 5.74) is -0.684. The van der Waals surface area contributed by atoms with Gasteiger partial charge < -0.3 is 10.2 Å². The smallest absolute Gasteiger partial charge is 0.293 e. The molecule has 0 aromatic heterocycles. The zero-order valence-corrected chi connectivity index (χ0v) is 16.0. The lowest BCUT2D eigenvalue weighted by atomic mass is 10.2. The number of alkyl halides is 1. The second-order valence-electron chi connectivity index (χ2n) is 6.46. The van der Waals surface area contributed by atoms with Crippen molar-refractivity contribution in [2.45, 2.75) is 10.9 Å². The largest absolute Gasteiger partial charge is 0.380 e. The lowest BCUT2D eigenvalue weighted by Crippen LogP contribution is -2.47. The van der Waals surface area contributed by atoms with E-state index in [9.17, 15) is 27.8 Å². The molecule has 2 rings (SSSR count). The molecule has 1 aromatic rings. The van der Waals surface area contributed by atoms with E-state index in [1.54, 1.807) is 0 Å². The van der Waals surface area contributed by atoms with Crippen LogP contribution in [0.4, 0.5) is 15.8 Å². The molecule has 1 saturated heterocycles. The molecule has 9 nitrogen and oxygen atoms in total. The van der Waals surface area contributed by atoms with Crippen molar-refractivity contribution in [3.63, 3.8) is 0 Å². The van der Waals surface area contributed by atoms with Gasteiger partial charge in [0.1, 0.15) is 17.3 Å².